The summed E-state index contributed by atoms with van der Waals surface area (Å²) >= 11 is 0. The van der Waals surface area contributed by atoms with Crippen molar-refractivity contribution in [2.75, 3.05) is 6.61 Å². The molecule has 4 rings (SSSR count). The summed E-state index contributed by atoms with van der Waals surface area (Å²) < 4.78 is 5.57. The molecule has 168 valence electrons. The first kappa shape index (κ1) is 23.7. The Morgan fingerprint density at radius 3 is 2.72 bits per heavy atom. The first-order valence-corrected chi connectivity index (χ1v) is 11.0. The first-order valence-electron chi connectivity index (χ1n) is 11.0. The van der Waals surface area contributed by atoms with Gasteiger partial charge in [0.1, 0.15) is 6.10 Å². The topological polar surface area (TPSA) is 83.2 Å². The van der Waals surface area contributed by atoms with Gasteiger partial charge in [-0.3, -0.25) is 9.78 Å². The number of nitriles is 1. The van der Waals surface area contributed by atoms with Crippen LogP contribution < -0.4 is 0 Å². The fourth-order valence-electron chi connectivity index (χ4n) is 5.51. The minimum absolute atomic E-state index is 0. The first-order chi connectivity index (χ1) is 15.0. The van der Waals surface area contributed by atoms with Gasteiger partial charge >= 0.3 is 5.97 Å². The average molecular weight is 433 g/mol. The number of benzene rings is 1. The molecule has 2 fully saturated rings. The fourth-order valence-corrected chi connectivity index (χ4v) is 5.51. The van der Waals surface area contributed by atoms with E-state index < -0.39 is 0 Å². The van der Waals surface area contributed by atoms with Gasteiger partial charge in [0, 0.05) is 29.8 Å². The van der Waals surface area contributed by atoms with Crippen LogP contribution in [0.3, 0.4) is 0 Å². The second-order valence-electron chi connectivity index (χ2n) is 8.78. The van der Waals surface area contributed by atoms with E-state index >= 15 is 0 Å². The summed E-state index contributed by atoms with van der Waals surface area (Å²) in [4.78, 5) is 16.9. The van der Waals surface area contributed by atoms with Gasteiger partial charge in [-0.05, 0) is 55.7 Å². The lowest BCUT2D eigenvalue weighted by atomic mass is 9.61. The summed E-state index contributed by atoms with van der Waals surface area (Å²) in [6.07, 6.45) is 7.40. The van der Waals surface area contributed by atoms with Crippen LogP contribution >= 0.6 is 0 Å². The van der Waals surface area contributed by atoms with Crippen LogP contribution in [-0.4, -0.2) is 28.8 Å². The zero-order valence-electron chi connectivity index (χ0n) is 17.9. The highest BCUT2D eigenvalue weighted by Gasteiger charge is 2.52. The molecule has 2 aromatic rings. The fraction of sp³-hybridized carbons (Fsp3) is 0.444. The summed E-state index contributed by atoms with van der Waals surface area (Å²) in [7, 11) is 0. The van der Waals surface area contributed by atoms with Crippen LogP contribution in [0.4, 0.5) is 0 Å². The number of hydrogen-bond acceptors (Lipinski definition) is 5. The third-order valence-corrected chi connectivity index (χ3v) is 7.00. The van der Waals surface area contributed by atoms with Gasteiger partial charge < -0.3 is 9.84 Å². The lowest BCUT2D eigenvalue weighted by Gasteiger charge is -2.42. The maximum atomic E-state index is 12.3. The SMILES string of the molecule is C.CC1CC2C(=O)OC(C)C2C(/C=C/c2ccc(-c3ccccc3C#N)cn2)C1CCO. The number of hydrogen-bond donors (Lipinski definition) is 1. The molecule has 6 atom stereocenters. The molecule has 0 radical (unpaired) electrons. The molecule has 5 nitrogen and oxygen atoms in total. The summed E-state index contributed by atoms with van der Waals surface area (Å²) in [6.45, 7) is 4.30. The van der Waals surface area contributed by atoms with Gasteiger partial charge in [0.15, 0.2) is 0 Å². The van der Waals surface area contributed by atoms with Crippen LogP contribution in [0.15, 0.2) is 48.7 Å². The quantitative estimate of drug-likeness (QED) is 0.665. The van der Waals surface area contributed by atoms with Crippen LogP contribution in [0.1, 0.15) is 45.4 Å². The van der Waals surface area contributed by atoms with Gasteiger partial charge in [0.2, 0.25) is 0 Å². The second-order valence-corrected chi connectivity index (χ2v) is 8.78. The molecule has 5 heteroatoms. The highest BCUT2D eigenvalue weighted by Crippen LogP contribution is 2.50. The maximum Gasteiger partial charge on any atom is 0.309 e. The van der Waals surface area contributed by atoms with Gasteiger partial charge in [-0.25, -0.2) is 0 Å². The molecule has 1 aromatic carbocycles. The molecule has 1 saturated carbocycles. The van der Waals surface area contributed by atoms with E-state index in [1.54, 1.807) is 12.3 Å². The van der Waals surface area contributed by atoms with E-state index in [0.717, 1.165) is 29.7 Å². The number of carbonyl (C=O) groups excluding carboxylic acids is 1. The van der Waals surface area contributed by atoms with Crippen LogP contribution in [0.25, 0.3) is 17.2 Å². The molecule has 0 amide bonds. The molecule has 0 spiro atoms. The zero-order chi connectivity index (χ0) is 22.0. The number of pyridine rings is 1. The second kappa shape index (κ2) is 10.1. The Labute approximate surface area is 190 Å². The highest BCUT2D eigenvalue weighted by atomic mass is 16.6. The Kier molecular flexibility index (Phi) is 7.48. The predicted octanol–water partition coefficient (Wildman–Crippen LogP) is 5.10. The van der Waals surface area contributed by atoms with Crippen molar-refractivity contribution in [1.29, 1.82) is 5.26 Å². The molecular weight excluding hydrogens is 400 g/mol. The molecule has 1 aromatic heterocycles. The van der Waals surface area contributed by atoms with E-state index in [2.05, 4.69) is 24.1 Å². The van der Waals surface area contributed by atoms with Gasteiger partial charge in [-0.15, -0.1) is 0 Å². The zero-order valence-corrected chi connectivity index (χ0v) is 17.9. The lowest BCUT2D eigenvalue weighted by molar-refractivity contribution is -0.144. The van der Waals surface area contributed by atoms with Gasteiger partial charge in [-0.1, -0.05) is 44.7 Å². The molecule has 1 saturated heterocycles. The third kappa shape index (κ3) is 4.47. The molecule has 2 aliphatic rings. The minimum atomic E-state index is -0.112. The highest BCUT2D eigenvalue weighted by molar-refractivity contribution is 5.75. The Hall–Kier alpha value is -2.97. The number of cyclic esters (lactones) is 1. The number of esters is 1. The van der Waals surface area contributed by atoms with Crippen LogP contribution in [0.2, 0.25) is 0 Å². The molecule has 0 bridgehead atoms. The van der Waals surface area contributed by atoms with Crippen molar-refractivity contribution in [1.82, 2.24) is 4.98 Å². The van der Waals surface area contributed by atoms with E-state index in [9.17, 15) is 15.2 Å². The predicted molar refractivity (Wildman–Crippen MR) is 125 cm³/mol. The maximum absolute atomic E-state index is 12.3. The number of carbonyl (C=O) groups is 1. The van der Waals surface area contributed by atoms with Gasteiger partial charge in [-0.2, -0.15) is 5.26 Å². The molecule has 2 heterocycles. The minimum Gasteiger partial charge on any atom is -0.462 e. The molecule has 1 aliphatic heterocycles. The molecule has 1 N–H and O–H groups in total. The summed E-state index contributed by atoms with van der Waals surface area (Å²) in [5.41, 5.74) is 3.23. The Morgan fingerprint density at radius 2 is 2.03 bits per heavy atom. The molecule has 32 heavy (non-hydrogen) atoms. The summed E-state index contributed by atoms with van der Waals surface area (Å²) in [5.74, 6) is 0.803. The number of ether oxygens (including phenoxy) is 1. The lowest BCUT2D eigenvalue weighted by Crippen LogP contribution is -2.41. The number of aromatic nitrogens is 1. The van der Waals surface area contributed by atoms with E-state index in [0.29, 0.717) is 17.4 Å². The van der Waals surface area contributed by atoms with E-state index in [4.69, 9.17) is 4.74 Å². The van der Waals surface area contributed by atoms with E-state index in [-0.39, 0.29) is 43.9 Å². The number of aliphatic hydroxyl groups is 1. The average Bonchev–Trinajstić information content (AvgIpc) is 3.07. The number of nitrogens with zero attached hydrogens (tertiary/aromatic N) is 2. The van der Waals surface area contributed by atoms with Crippen molar-refractivity contribution in [3.05, 3.63) is 59.9 Å². The van der Waals surface area contributed by atoms with E-state index in [1.165, 1.54) is 0 Å². The number of aliphatic hydroxyl groups excluding tert-OH is 1. The molecular formula is C27H32N2O3. The van der Waals surface area contributed by atoms with Crippen molar-refractivity contribution < 1.29 is 14.6 Å². The normalized spacial score (nSPS) is 29.1. The Balaban J connectivity index is 0.00000289. The molecule has 6 unspecified atom stereocenters. The molecule has 1 aliphatic carbocycles. The van der Waals surface area contributed by atoms with Gasteiger partial charge in [0.25, 0.3) is 0 Å². The monoisotopic (exact) mass is 432 g/mol. The number of rotatable bonds is 5. The number of fused-ring (bicyclic) bond motifs is 1. The van der Waals surface area contributed by atoms with E-state index in [1.807, 2.05) is 43.3 Å². The van der Waals surface area contributed by atoms with Crippen molar-refractivity contribution in [3.8, 4) is 17.2 Å². The van der Waals surface area contributed by atoms with Crippen molar-refractivity contribution in [2.45, 2.75) is 40.2 Å². The summed E-state index contributed by atoms with van der Waals surface area (Å²) in [6, 6.07) is 13.6. The van der Waals surface area contributed by atoms with Crippen molar-refractivity contribution >= 4 is 12.0 Å². The van der Waals surface area contributed by atoms with Crippen LogP contribution in [0.5, 0.6) is 0 Å². The van der Waals surface area contributed by atoms with Crippen LogP contribution in [0, 0.1) is 40.9 Å². The summed E-state index contributed by atoms with van der Waals surface area (Å²) in [5, 5.41) is 19.0. The van der Waals surface area contributed by atoms with Crippen LogP contribution in [-0.2, 0) is 9.53 Å². The number of allylic oxidation sites excluding steroid dienone is 1. The van der Waals surface area contributed by atoms with Gasteiger partial charge in [0.05, 0.1) is 23.2 Å². The largest absolute Gasteiger partial charge is 0.462 e. The standard InChI is InChI=1S/C26H28N2O3.CH4/c1-16-13-24-25(17(2)31-26(24)30)23(21(16)11-12-29)10-9-20-8-7-19(15-28-20)22-6-4-3-5-18(22)14-27;/h3-10,15-17,21,23-25,29H,11-13H2,1-2H3;1H4/b10-9+;. The third-order valence-electron chi connectivity index (χ3n) is 7.00. The Morgan fingerprint density at radius 1 is 1.25 bits per heavy atom. The Bertz CT molecular complexity index is 1010. The smallest absolute Gasteiger partial charge is 0.309 e. The van der Waals surface area contributed by atoms with Crippen molar-refractivity contribution in [2.24, 2.45) is 29.6 Å². The van der Waals surface area contributed by atoms with Crippen molar-refractivity contribution in [3.63, 3.8) is 0 Å².